The number of thiophene rings is 1. The van der Waals surface area contributed by atoms with Crippen LogP contribution < -0.4 is 5.73 Å². The van der Waals surface area contributed by atoms with Gasteiger partial charge in [-0.05, 0) is 55.0 Å². The quantitative estimate of drug-likeness (QED) is 0.894. The maximum absolute atomic E-state index is 6.16. The Morgan fingerprint density at radius 1 is 1.47 bits per heavy atom. The van der Waals surface area contributed by atoms with Gasteiger partial charge in [0.1, 0.15) is 11.5 Å². The van der Waals surface area contributed by atoms with Gasteiger partial charge in [-0.2, -0.15) is 0 Å². The van der Waals surface area contributed by atoms with E-state index >= 15 is 0 Å². The Morgan fingerprint density at radius 3 is 2.68 bits per heavy atom. The summed E-state index contributed by atoms with van der Waals surface area (Å²) in [7, 11) is 2.08. The predicted molar refractivity (Wildman–Crippen MR) is 83.3 cm³/mol. The molecular weight excluding hydrogens is 324 g/mol. The zero-order valence-electron chi connectivity index (χ0n) is 11.4. The van der Waals surface area contributed by atoms with Crippen molar-refractivity contribution in [2.45, 2.75) is 32.5 Å². The second-order valence-electron chi connectivity index (χ2n) is 4.90. The Hall–Kier alpha value is -0.620. The number of nitrogens with two attached hydrogens (primary N) is 1. The minimum absolute atomic E-state index is 0.0617. The van der Waals surface area contributed by atoms with E-state index in [2.05, 4.69) is 39.3 Å². The Morgan fingerprint density at radius 2 is 2.21 bits per heavy atom. The van der Waals surface area contributed by atoms with Gasteiger partial charge in [-0.3, -0.25) is 4.90 Å². The molecule has 0 aliphatic heterocycles. The molecule has 0 saturated carbocycles. The minimum atomic E-state index is 0.0617. The Kier molecular flexibility index (Phi) is 4.84. The maximum atomic E-state index is 6.16. The highest BCUT2D eigenvalue weighted by Crippen LogP contribution is 2.31. The third kappa shape index (κ3) is 3.69. The van der Waals surface area contributed by atoms with Gasteiger partial charge in [0, 0.05) is 20.8 Å². The summed E-state index contributed by atoms with van der Waals surface area (Å²) < 4.78 is 6.75. The third-order valence-corrected chi connectivity index (χ3v) is 4.82. The average Bonchev–Trinajstić information content (AvgIpc) is 2.88. The molecule has 2 N–H and O–H groups in total. The van der Waals surface area contributed by atoms with Crippen molar-refractivity contribution in [3.8, 4) is 0 Å². The number of hydrogen-bond acceptors (Lipinski definition) is 4. The van der Waals surface area contributed by atoms with Crippen LogP contribution in [-0.4, -0.2) is 18.0 Å². The molecule has 104 valence electrons. The molecule has 2 aromatic rings. The van der Waals surface area contributed by atoms with E-state index in [-0.39, 0.29) is 12.1 Å². The summed E-state index contributed by atoms with van der Waals surface area (Å²) in [6.45, 7) is 4.76. The van der Waals surface area contributed by atoms with Crippen LogP contribution in [0.1, 0.15) is 29.4 Å². The molecule has 0 saturated heterocycles. The van der Waals surface area contributed by atoms with Gasteiger partial charge in [-0.15, -0.1) is 11.3 Å². The lowest BCUT2D eigenvalue weighted by atomic mass is 10.1. The summed E-state index contributed by atoms with van der Waals surface area (Å²) in [5, 5.41) is 2.09. The number of aryl methyl sites for hydroxylation is 1. The normalized spacial score (nSPS) is 14.8. The van der Waals surface area contributed by atoms with Crippen molar-refractivity contribution in [1.29, 1.82) is 0 Å². The van der Waals surface area contributed by atoms with Gasteiger partial charge in [0.2, 0.25) is 0 Å². The Labute approximate surface area is 126 Å². The zero-order chi connectivity index (χ0) is 14.0. The van der Waals surface area contributed by atoms with Crippen LogP contribution in [0.25, 0.3) is 0 Å². The fourth-order valence-electron chi connectivity index (χ4n) is 2.28. The number of likely N-dealkylation sites (N-methyl/N-ethyl adjacent to an activating group) is 1. The fraction of sp³-hybridized carbons (Fsp3) is 0.429. The standard InChI is InChI=1S/C14H19BrN2OS/c1-9-4-5-12(18-9)7-17(3)14(10(2)16)13-6-11(15)8-19-13/h4-6,8,10,14H,7,16H2,1-3H3. The Balaban J connectivity index is 2.15. The van der Waals surface area contributed by atoms with Crippen molar-refractivity contribution in [3.05, 3.63) is 44.4 Å². The smallest absolute Gasteiger partial charge is 0.118 e. The number of rotatable bonds is 5. The second-order valence-corrected chi connectivity index (χ2v) is 6.76. The molecule has 0 aromatic carbocycles. The monoisotopic (exact) mass is 342 g/mol. The predicted octanol–water partition coefficient (Wildman–Crippen LogP) is 3.93. The van der Waals surface area contributed by atoms with Crippen molar-refractivity contribution in [2.24, 2.45) is 5.73 Å². The SMILES string of the molecule is Cc1ccc(CN(C)C(c2cc(Br)cs2)C(C)N)o1. The summed E-state index contributed by atoms with van der Waals surface area (Å²) in [5.41, 5.74) is 6.16. The highest BCUT2D eigenvalue weighted by molar-refractivity contribution is 9.10. The highest BCUT2D eigenvalue weighted by atomic mass is 79.9. The van der Waals surface area contributed by atoms with Crippen molar-refractivity contribution in [1.82, 2.24) is 4.90 Å². The van der Waals surface area contributed by atoms with Crippen LogP contribution in [0.3, 0.4) is 0 Å². The van der Waals surface area contributed by atoms with E-state index in [0.29, 0.717) is 0 Å². The average molecular weight is 343 g/mol. The number of hydrogen-bond donors (Lipinski definition) is 1. The molecule has 0 aliphatic carbocycles. The molecule has 5 heteroatoms. The van der Waals surface area contributed by atoms with Crippen LogP contribution in [0.2, 0.25) is 0 Å². The van der Waals surface area contributed by atoms with E-state index in [1.807, 2.05) is 26.0 Å². The van der Waals surface area contributed by atoms with E-state index in [1.165, 1.54) is 4.88 Å². The molecule has 0 spiro atoms. The van der Waals surface area contributed by atoms with E-state index < -0.39 is 0 Å². The van der Waals surface area contributed by atoms with Gasteiger partial charge >= 0.3 is 0 Å². The highest BCUT2D eigenvalue weighted by Gasteiger charge is 2.23. The molecule has 0 aliphatic rings. The lowest BCUT2D eigenvalue weighted by molar-refractivity contribution is 0.198. The van der Waals surface area contributed by atoms with Crippen molar-refractivity contribution >= 4 is 27.3 Å². The van der Waals surface area contributed by atoms with Gasteiger partial charge in [-0.1, -0.05) is 0 Å². The first-order chi connectivity index (χ1) is 8.97. The lowest BCUT2D eigenvalue weighted by Crippen LogP contribution is -2.36. The number of halogens is 1. The van der Waals surface area contributed by atoms with Gasteiger partial charge in [0.25, 0.3) is 0 Å². The third-order valence-electron chi connectivity index (χ3n) is 3.05. The van der Waals surface area contributed by atoms with Gasteiger partial charge < -0.3 is 10.2 Å². The molecule has 3 nitrogen and oxygen atoms in total. The maximum Gasteiger partial charge on any atom is 0.118 e. The van der Waals surface area contributed by atoms with E-state index in [9.17, 15) is 0 Å². The summed E-state index contributed by atoms with van der Waals surface area (Å²) in [6, 6.07) is 6.41. The topological polar surface area (TPSA) is 42.4 Å². The van der Waals surface area contributed by atoms with Crippen molar-refractivity contribution in [3.63, 3.8) is 0 Å². The molecule has 0 radical (unpaired) electrons. The minimum Gasteiger partial charge on any atom is -0.465 e. The largest absolute Gasteiger partial charge is 0.465 e. The van der Waals surface area contributed by atoms with Crippen molar-refractivity contribution < 1.29 is 4.42 Å². The second kappa shape index (κ2) is 6.22. The summed E-state index contributed by atoms with van der Waals surface area (Å²) >= 11 is 5.23. The zero-order valence-corrected chi connectivity index (χ0v) is 13.8. The van der Waals surface area contributed by atoms with Gasteiger partial charge in [0.15, 0.2) is 0 Å². The van der Waals surface area contributed by atoms with Gasteiger partial charge in [-0.25, -0.2) is 0 Å². The summed E-state index contributed by atoms with van der Waals surface area (Å²) in [5.74, 6) is 1.92. The summed E-state index contributed by atoms with van der Waals surface area (Å²) in [6.07, 6.45) is 0. The molecule has 2 unspecified atom stereocenters. The molecule has 2 heterocycles. The van der Waals surface area contributed by atoms with Crippen LogP contribution in [0.15, 0.2) is 32.5 Å². The number of furan rings is 1. The van der Waals surface area contributed by atoms with Crippen LogP contribution >= 0.6 is 27.3 Å². The lowest BCUT2D eigenvalue weighted by Gasteiger charge is -2.29. The van der Waals surface area contributed by atoms with Gasteiger partial charge in [0.05, 0.1) is 12.6 Å². The van der Waals surface area contributed by atoms with E-state index in [1.54, 1.807) is 11.3 Å². The number of nitrogens with zero attached hydrogens (tertiary/aromatic N) is 1. The first kappa shape index (κ1) is 14.8. The molecular formula is C14H19BrN2OS. The molecule has 2 aromatic heterocycles. The first-order valence-corrected chi connectivity index (χ1v) is 7.89. The van der Waals surface area contributed by atoms with E-state index in [4.69, 9.17) is 10.2 Å². The Bertz CT molecular complexity index is 535. The molecule has 2 rings (SSSR count). The van der Waals surface area contributed by atoms with Crippen LogP contribution in [0, 0.1) is 6.92 Å². The molecule has 0 fully saturated rings. The van der Waals surface area contributed by atoms with Crippen molar-refractivity contribution in [2.75, 3.05) is 7.05 Å². The fourth-order valence-corrected chi connectivity index (χ4v) is 4.00. The molecule has 19 heavy (non-hydrogen) atoms. The van der Waals surface area contributed by atoms with Crippen LogP contribution in [0.4, 0.5) is 0 Å². The summed E-state index contributed by atoms with van der Waals surface area (Å²) in [4.78, 5) is 3.51. The van der Waals surface area contributed by atoms with E-state index in [0.717, 1.165) is 22.5 Å². The van der Waals surface area contributed by atoms with Crippen LogP contribution in [0.5, 0.6) is 0 Å². The first-order valence-electron chi connectivity index (χ1n) is 6.22. The molecule has 0 amide bonds. The molecule has 0 bridgehead atoms. The van der Waals surface area contributed by atoms with Crippen LogP contribution in [-0.2, 0) is 6.54 Å². The molecule has 2 atom stereocenters.